The van der Waals surface area contributed by atoms with Gasteiger partial charge in [0.1, 0.15) is 11.6 Å². The summed E-state index contributed by atoms with van der Waals surface area (Å²) in [5, 5.41) is 1.20. The summed E-state index contributed by atoms with van der Waals surface area (Å²) < 4.78 is 1.26. The van der Waals surface area contributed by atoms with Crippen LogP contribution in [-0.4, -0.2) is 42.0 Å². The fourth-order valence-electron chi connectivity index (χ4n) is 4.30. The molecule has 1 saturated heterocycles. The Labute approximate surface area is 163 Å². The SMILES string of the molecule is O=C(c1ccc2c(c1)CCC2)N1CC[NH+](Cc2nc3ccccc3s2)CC1. The summed E-state index contributed by atoms with van der Waals surface area (Å²) in [5.74, 6) is 0.198. The normalized spacial score (nSPS) is 17.4. The molecular weight excluding hydrogens is 354 g/mol. The van der Waals surface area contributed by atoms with Crippen LogP contribution >= 0.6 is 11.3 Å². The van der Waals surface area contributed by atoms with Crippen LogP contribution in [0, 0.1) is 0 Å². The molecule has 1 aromatic heterocycles. The van der Waals surface area contributed by atoms with Gasteiger partial charge in [-0.3, -0.25) is 4.79 Å². The van der Waals surface area contributed by atoms with Crippen molar-refractivity contribution in [2.45, 2.75) is 25.8 Å². The number of piperazine rings is 1. The predicted octanol–water partition coefficient (Wildman–Crippen LogP) is 2.33. The van der Waals surface area contributed by atoms with Gasteiger partial charge in [0, 0.05) is 5.56 Å². The van der Waals surface area contributed by atoms with Crippen molar-refractivity contribution in [2.24, 2.45) is 0 Å². The smallest absolute Gasteiger partial charge is 0.254 e. The molecule has 5 rings (SSSR count). The number of para-hydroxylation sites is 1. The van der Waals surface area contributed by atoms with Crippen LogP contribution in [0.5, 0.6) is 0 Å². The molecule has 1 N–H and O–H groups in total. The molecule has 5 heteroatoms. The molecule has 2 aromatic carbocycles. The van der Waals surface area contributed by atoms with Gasteiger partial charge in [-0.1, -0.05) is 18.2 Å². The number of carbonyl (C=O) groups is 1. The van der Waals surface area contributed by atoms with Gasteiger partial charge < -0.3 is 9.80 Å². The van der Waals surface area contributed by atoms with Crippen molar-refractivity contribution in [3.63, 3.8) is 0 Å². The van der Waals surface area contributed by atoms with Crippen molar-refractivity contribution in [3.8, 4) is 0 Å². The van der Waals surface area contributed by atoms with E-state index in [4.69, 9.17) is 4.98 Å². The number of fused-ring (bicyclic) bond motifs is 2. The summed E-state index contributed by atoms with van der Waals surface area (Å²) in [5.41, 5.74) is 4.77. The third-order valence-corrected chi connectivity index (χ3v) is 6.88. The number of thiazole rings is 1. The second kappa shape index (κ2) is 7.06. The van der Waals surface area contributed by atoms with Crippen LogP contribution in [0.3, 0.4) is 0 Å². The number of nitrogens with one attached hydrogen (secondary N) is 1. The number of rotatable bonds is 3. The topological polar surface area (TPSA) is 37.6 Å². The van der Waals surface area contributed by atoms with E-state index in [1.54, 1.807) is 11.3 Å². The molecule has 138 valence electrons. The Morgan fingerprint density at radius 2 is 1.89 bits per heavy atom. The molecule has 3 aromatic rings. The fourth-order valence-corrected chi connectivity index (χ4v) is 5.34. The minimum atomic E-state index is 0.198. The third kappa shape index (κ3) is 3.37. The zero-order valence-corrected chi connectivity index (χ0v) is 16.2. The van der Waals surface area contributed by atoms with Crippen LogP contribution in [0.15, 0.2) is 42.5 Å². The van der Waals surface area contributed by atoms with Crippen LogP contribution in [0.1, 0.15) is 32.9 Å². The average molecular weight is 379 g/mol. The number of hydrogen-bond acceptors (Lipinski definition) is 3. The maximum absolute atomic E-state index is 12.9. The summed E-state index contributed by atoms with van der Waals surface area (Å²) in [6.07, 6.45) is 3.51. The molecule has 0 spiro atoms. The van der Waals surface area contributed by atoms with E-state index in [-0.39, 0.29) is 5.91 Å². The standard InChI is InChI=1S/C22H23N3OS/c26-22(18-9-8-16-4-3-5-17(16)14-18)25-12-10-24(11-13-25)15-21-23-19-6-1-2-7-20(19)27-21/h1-2,6-9,14H,3-5,10-13,15H2/p+1. The molecule has 1 fully saturated rings. The van der Waals surface area contributed by atoms with Crippen molar-refractivity contribution in [2.75, 3.05) is 26.2 Å². The summed E-state index contributed by atoms with van der Waals surface area (Å²) in [6, 6.07) is 14.6. The Morgan fingerprint density at radius 1 is 1.07 bits per heavy atom. The summed E-state index contributed by atoms with van der Waals surface area (Å²) in [4.78, 5) is 21.2. The molecule has 0 saturated carbocycles. The van der Waals surface area contributed by atoms with Crippen molar-refractivity contribution in [3.05, 3.63) is 64.2 Å². The number of benzene rings is 2. The van der Waals surface area contributed by atoms with Crippen LogP contribution in [0.2, 0.25) is 0 Å². The van der Waals surface area contributed by atoms with Gasteiger partial charge in [-0.25, -0.2) is 4.98 Å². The molecule has 1 aliphatic carbocycles. The van der Waals surface area contributed by atoms with Crippen molar-refractivity contribution >= 4 is 27.5 Å². The molecule has 0 atom stereocenters. The quantitative estimate of drug-likeness (QED) is 0.760. The molecular formula is C22H24N3OS+. The van der Waals surface area contributed by atoms with Gasteiger partial charge in [-0.2, -0.15) is 0 Å². The lowest BCUT2D eigenvalue weighted by atomic mass is 10.1. The highest BCUT2D eigenvalue weighted by Gasteiger charge is 2.26. The minimum Gasteiger partial charge on any atom is -0.327 e. The largest absolute Gasteiger partial charge is 0.327 e. The van der Waals surface area contributed by atoms with E-state index in [2.05, 4.69) is 30.3 Å². The van der Waals surface area contributed by atoms with E-state index in [0.29, 0.717) is 0 Å². The molecule has 1 amide bonds. The fraction of sp³-hybridized carbons (Fsp3) is 0.364. The van der Waals surface area contributed by atoms with Crippen LogP contribution in [0.25, 0.3) is 10.2 Å². The maximum atomic E-state index is 12.9. The van der Waals surface area contributed by atoms with Crippen molar-refractivity contribution < 1.29 is 9.69 Å². The number of carbonyl (C=O) groups excluding carboxylic acids is 1. The van der Waals surface area contributed by atoms with E-state index in [1.807, 2.05) is 17.0 Å². The second-order valence-corrected chi connectivity index (χ2v) is 8.75. The molecule has 0 unspecified atom stereocenters. The lowest BCUT2D eigenvalue weighted by molar-refractivity contribution is -0.917. The lowest BCUT2D eigenvalue weighted by Crippen LogP contribution is -3.13. The Bertz CT molecular complexity index is 955. The summed E-state index contributed by atoms with van der Waals surface area (Å²) in [7, 11) is 0. The second-order valence-electron chi connectivity index (χ2n) is 7.63. The van der Waals surface area contributed by atoms with Crippen molar-refractivity contribution in [1.82, 2.24) is 9.88 Å². The Hall–Kier alpha value is -2.24. The first-order valence-electron chi connectivity index (χ1n) is 9.85. The zero-order valence-electron chi connectivity index (χ0n) is 15.4. The van der Waals surface area contributed by atoms with Gasteiger partial charge in [0.25, 0.3) is 5.91 Å². The first-order valence-corrected chi connectivity index (χ1v) is 10.7. The van der Waals surface area contributed by atoms with E-state index in [1.165, 1.54) is 32.2 Å². The van der Waals surface area contributed by atoms with Gasteiger partial charge in [0.15, 0.2) is 0 Å². The Kier molecular flexibility index (Phi) is 4.42. The molecule has 4 nitrogen and oxygen atoms in total. The van der Waals surface area contributed by atoms with E-state index < -0.39 is 0 Å². The van der Waals surface area contributed by atoms with Crippen LogP contribution in [-0.2, 0) is 19.4 Å². The van der Waals surface area contributed by atoms with Crippen LogP contribution in [0.4, 0.5) is 0 Å². The van der Waals surface area contributed by atoms with Gasteiger partial charge in [0.2, 0.25) is 0 Å². The number of hydrogen-bond donors (Lipinski definition) is 1. The monoisotopic (exact) mass is 378 g/mol. The molecule has 1 aliphatic heterocycles. The van der Waals surface area contributed by atoms with E-state index in [9.17, 15) is 4.79 Å². The summed E-state index contributed by atoms with van der Waals surface area (Å²) in [6.45, 7) is 4.60. The molecule has 0 radical (unpaired) electrons. The van der Waals surface area contributed by atoms with Gasteiger partial charge >= 0.3 is 0 Å². The number of aromatic nitrogens is 1. The molecule has 0 bridgehead atoms. The number of amides is 1. The predicted molar refractivity (Wildman–Crippen MR) is 108 cm³/mol. The van der Waals surface area contributed by atoms with E-state index in [0.717, 1.165) is 56.6 Å². The number of nitrogens with zero attached hydrogens (tertiary/aromatic N) is 2. The number of quaternary nitrogens is 1. The first-order chi connectivity index (χ1) is 13.3. The van der Waals surface area contributed by atoms with Crippen LogP contribution < -0.4 is 4.90 Å². The third-order valence-electron chi connectivity index (χ3n) is 5.84. The number of aryl methyl sites for hydroxylation is 2. The molecule has 2 heterocycles. The highest BCUT2D eigenvalue weighted by Crippen LogP contribution is 2.23. The average Bonchev–Trinajstić information content (AvgIpc) is 3.33. The first kappa shape index (κ1) is 16.9. The minimum absolute atomic E-state index is 0.198. The lowest BCUT2D eigenvalue weighted by Gasteiger charge is -2.32. The van der Waals surface area contributed by atoms with Gasteiger partial charge in [0.05, 0.1) is 36.4 Å². The highest BCUT2D eigenvalue weighted by atomic mass is 32.1. The van der Waals surface area contributed by atoms with Gasteiger partial charge in [-0.15, -0.1) is 11.3 Å². The Balaban J connectivity index is 1.21. The molecule has 2 aliphatic rings. The molecule has 27 heavy (non-hydrogen) atoms. The zero-order chi connectivity index (χ0) is 18.2. The van der Waals surface area contributed by atoms with Gasteiger partial charge in [-0.05, 0) is 54.7 Å². The summed E-state index contributed by atoms with van der Waals surface area (Å²) >= 11 is 1.79. The maximum Gasteiger partial charge on any atom is 0.254 e. The highest BCUT2D eigenvalue weighted by molar-refractivity contribution is 7.18. The van der Waals surface area contributed by atoms with Crippen molar-refractivity contribution in [1.29, 1.82) is 0 Å². The Morgan fingerprint density at radius 3 is 2.74 bits per heavy atom. The van der Waals surface area contributed by atoms with E-state index >= 15 is 0 Å².